The predicted octanol–water partition coefficient (Wildman–Crippen LogP) is 4.01. The Hall–Kier alpha value is -2.30. The minimum atomic E-state index is -0.225. The van der Waals surface area contributed by atoms with Crippen LogP contribution in [0.4, 0.5) is 0 Å². The number of amides is 1. The van der Waals surface area contributed by atoms with E-state index in [1.165, 1.54) is 13.1 Å². The smallest absolute Gasteiger partial charge is 0.257 e. The van der Waals surface area contributed by atoms with Crippen LogP contribution in [-0.4, -0.2) is 25.3 Å². The van der Waals surface area contributed by atoms with E-state index in [-0.39, 0.29) is 18.3 Å². The number of benzene rings is 2. The molecule has 0 saturated carbocycles. The number of rotatable bonds is 6. The van der Waals surface area contributed by atoms with Crippen LogP contribution in [0.1, 0.15) is 15.9 Å². The molecule has 1 N–H and O–H groups in total. The second-order valence-corrected chi connectivity index (χ2v) is 5.61. The molecule has 0 saturated heterocycles. The van der Waals surface area contributed by atoms with Crippen molar-refractivity contribution in [3.8, 4) is 5.75 Å². The molecular weight excluding hydrogens is 349 g/mol. The number of hydrogen-bond acceptors (Lipinski definition) is 3. The maximum atomic E-state index is 12.2. The highest BCUT2D eigenvalue weighted by molar-refractivity contribution is 6.42. The first kappa shape index (κ1) is 18.0. The van der Waals surface area contributed by atoms with Gasteiger partial charge in [-0.1, -0.05) is 35.3 Å². The van der Waals surface area contributed by atoms with Gasteiger partial charge in [0.15, 0.2) is 12.4 Å². The molecule has 0 heterocycles. The molecule has 2 aromatic rings. The fourth-order valence-corrected chi connectivity index (χ4v) is 2.22. The SMILES string of the molecule is CNC(=O)COc1ccc(C(=O)/C=C/c2cccc(Cl)c2Cl)cc1. The number of likely N-dealkylation sites (N-methyl/N-ethyl adjacent to an activating group) is 1. The molecule has 0 aliphatic heterocycles. The van der Waals surface area contributed by atoms with E-state index < -0.39 is 0 Å². The molecule has 0 fully saturated rings. The van der Waals surface area contributed by atoms with Gasteiger partial charge in [0.05, 0.1) is 10.0 Å². The quantitative estimate of drug-likeness (QED) is 0.622. The zero-order valence-electron chi connectivity index (χ0n) is 12.9. The zero-order chi connectivity index (χ0) is 17.5. The summed E-state index contributed by atoms with van der Waals surface area (Å²) in [5.41, 5.74) is 1.17. The average Bonchev–Trinajstić information content (AvgIpc) is 2.61. The van der Waals surface area contributed by atoms with Gasteiger partial charge in [0.25, 0.3) is 5.91 Å². The van der Waals surface area contributed by atoms with Gasteiger partial charge in [-0.15, -0.1) is 0 Å². The lowest BCUT2D eigenvalue weighted by atomic mass is 10.1. The van der Waals surface area contributed by atoms with Crippen LogP contribution in [0.2, 0.25) is 10.0 Å². The van der Waals surface area contributed by atoms with E-state index in [0.717, 1.165) is 0 Å². The predicted molar refractivity (Wildman–Crippen MR) is 95.8 cm³/mol. The zero-order valence-corrected chi connectivity index (χ0v) is 14.4. The summed E-state index contributed by atoms with van der Waals surface area (Å²) in [7, 11) is 1.53. The molecule has 4 nitrogen and oxygen atoms in total. The summed E-state index contributed by atoms with van der Waals surface area (Å²) in [6, 6.07) is 11.7. The molecule has 1 amide bonds. The largest absolute Gasteiger partial charge is 0.484 e. The third-order valence-electron chi connectivity index (χ3n) is 3.18. The first-order chi connectivity index (χ1) is 11.5. The van der Waals surface area contributed by atoms with Gasteiger partial charge in [-0.3, -0.25) is 9.59 Å². The van der Waals surface area contributed by atoms with Crippen molar-refractivity contribution in [1.29, 1.82) is 0 Å². The first-order valence-corrected chi connectivity index (χ1v) is 7.86. The topological polar surface area (TPSA) is 55.4 Å². The van der Waals surface area contributed by atoms with Crippen molar-refractivity contribution in [2.75, 3.05) is 13.7 Å². The molecule has 0 unspecified atom stereocenters. The van der Waals surface area contributed by atoms with Gasteiger partial charge in [0.1, 0.15) is 5.75 Å². The summed E-state index contributed by atoms with van der Waals surface area (Å²) < 4.78 is 5.28. The number of ether oxygens (including phenoxy) is 1. The molecule has 0 spiro atoms. The van der Waals surface area contributed by atoms with Crippen molar-refractivity contribution in [3.05, 3.63) is 69.7 Å². The van der Waals surface area contributed by atoms with Crippen molar-refractivity contribution >= 4 is 41.0 Å². The second kappa shape index (κ2) is 8.52. The Labute approximate surface area is 150 Å². The molecule has 24 heavy (non-hydrogen) atoms. The molecule has 2 aromatic carbocycles. The maximum Gasteiger partial charge on any atom is 0.257 e. The number of hydrogen-bond donors (Lipinski definition) is 1. The third-order valence-corrected chi connectivity index (χ3v) is 4.02. The molecular formula is C18H15Cl2NO3. The Kier molecular flexibility index (Phi) is 6.41. The van der Waals surface area contributed by atoms with Gasteiger partial charge < -0.3 is 10.1 Å². The van der Waals surface area contributed by atoms with Gasteiger partial charge in [0, 0.05) is 12.6 Å². The number of ketones is 1. The number of nitrogens with one attached hydrogen (secondary N) is 1. The lowest BCUT2D eigenvalue weighted by Crippen LogP contribution is -2.24. The summed E-state index contributed by atoms with van der Waals surface area (Å²) in [6.07, 6.45) is 3.05. The highest BCUT2D eigenvalue weighted by atomic mass is 35.5. The highest BCUT2D eigenvalue weighted by Gasteiger charge is 2.05. The van der Waals surface area contributed by atoms with Crippen LogP contribution in [0.25, 0.3) is 6.08 Å². The fourth-order valence-electron chi connectivity index (χ4n) is 1.85. The minimum Gasteiger partial charge on any atom is -0.484 e. The Balaban J connectivity index is 2.03. The van der Waals surface area contributed by atoms with E-state index in [4.69, 9.17) is 27.9 Å². The first-order valence-electron chi connectivity index (χ1n) is 7.11. The summed E-state index contributed by atoms with van der Waals surface area (Å²) in [4.78, 5) is 23.3. The van der Waals surface area contributed by atoms with Gasteiger partial charge in [-0.25, -0.2) is 0 Å². The van der Waals surface area contributed by atoms with Crippen LogP contribution in [0.5, 0.6) is 5.75 Å². The summed E-state index contributed by atoms with van der Waals surface area (Å²) >= 11 is 12.0. The molecule has 0 atom stereocenters. The van der Waals surface area contributed by atoms with Crippen molar-refractivity contribution in [2.45, 2.75) is 0 Å². The standard InChI is InChI=1S/C18H15Cl2NO3/c1-21-17(23)11-24-14-8-5-12(6-9-14)16(22)10-7-13-3-2-4-15(19)18(13)20/h2-10H,11H2,1H3,(H,21,23)/b10-7+. The fraction of sp³-hybridized carbons (Fsp3) is 0.111. The van der Waals surface area contributed by atoms with Crippen molar-refractivity contribution in [1.82, 2.24) is 5.32 Å². The third kappa shape index (κ3) is 4.85. The molecule has 124 valence electrons. The van der Waals surface area contributed by atoms with Crippen molar-refractivity contribution in [3.63, 3.8) is 0 Å². The Morgan fingerprint density at radius 2 is 1.83 bits per heavy atom. The number of allylic oxidation sites excluding steroid dienone is 1. The van der Waals surface area contributed by atoms with Crippen molar-refractivity contribution < 1.29 is 14.3 Å². The lowest BCUT2D eigenvalue weighted by molar-refractivity contribution is -0.122. The summed E-state index contributed by atoms with van der Waals surface area (Å²) in [5.74, 6) is 0.109. The van der Waals surface area contributed by atoms with Gasteiger partial charge >= 0.3 is 0 Å². The minimum absolute atomic E-state index is 0.0725. The number of carbonyl (C=O) groups is 2. The average molecular weight is 364 g/mol. The normalized spacial score (nSPS) is 10.6. The number of halogens is 2. The van der Waals surface area contributed by atoms with Gasteiger partial charge in [0.2, 0.25) is 0 Å². The van der Waals surface area contributed by atoms with Gasteiger partial charge in [-0.2, -0.15) is 0 Å². The number of carbonyl (C=O) groups excluding carboxylic acids is 2. The lowest BCUT2D eigenvalue weighted by Gasteiger charge is -2.05. The van der Waals surface area contributed by atoms with Crippen LogP contribution in [0, 0.1) is 0 Å². The summed E-state index contributed by atoms with van der Waals surface area (Å²) in [6.45, 7) is -0.0725. The second-order valence-electron chi connectivity index (χ2n) is 4.83. The highest BCUT2D eigenvalue weighted by Crippen LogP contribution is 2.26. The van der Waals surface area contributed by atoms with E-state index in [2.05, 4.69) is 5.32 Å². The van der Waals surface area contributed by atoms with Crippen LogP contribution in [0.3, 0.4) is 0 Å². The molecule has 0 aliphatic carbocycles. The van der Waals surface area contributed by atoms with E-state index in [1.54, 1.807) is 48.5 Å². The van der Waals surface area contributed by atoms with E-state index in [1.807, 2.05) is 0 Å². The van der Waals surface area contributed by atoms with Crippen LogP contribution < -0.4 is 10.1 Å². The van der Waals surface area contributed by atoms with Gasteiger partial charge in [-0.05, 0) is 48.0 Å². The molecule has 0 aliphatic rings. The van der Waals surface area contributed by atoms with E-state index >= 15 is 0 Å². The monoisotopic (exact) mass is 363 g/mol. The molecule has 2 rings (SSSR count). The Morgan fingerprint density at radius 3 is 2.50 bits per heavy atom. The Bertz CT molecular complexity index is 770. The maximum absolute atomic E-state index is 12.2. The molecule has 6 heteroatoms. The van der Waals surface area contributed by atoms with Crippen LogP contribution in [-0.2, 0) is 4.79 Å². The van der Waals surface area contributed by atoms with Crippen LogP contribution >= 0.6 is 23.2 Å². The van der Waals surface area contributed by atoms with E-state index in [0.29, 0.717) is 26.9 Å². The summed E-state index contributed by atoms with van der Waals surface area (Å²) in [5, 5.41) is 3.30. The van der Waals surface area contributed by atoms with E-state index in [9.17, 15) is 9.59 Å². The Morgan fingerprint density at radius 1 is 1.12 bits per heavy atom. The van der Waals surface area contributed by atoms with Crippen LogP contribution in [0.15, 0.2) is 48.5 Å². The van der Waals surface area contributed by atoms with Crippen molar-refractivity contribution in [2.24, 2.45) is 0 Å². The molecule has 0 aromatic heterocycles. The molecule has 0 bridgehead atoms. The molecule has 0 radical (unpaired) electrons.